The van der Waals surface area contributed by atoms with Crippen LogP contribution in [0.5, 0.6) is 0 Å². The van der Waals surface area contributed by atoms with Crippen LogP contribution in [0.25, 0.3) is 0 Å². The fraction of sp³-hybridized carbons (Fsp3) is 0.350. The predicted molar refractivity (Wildman–Crippen MR) is 100 cm³/mol. The zero-order valence-corrected chi connectivity index (χ0v) is 16.1. The summed E-state index contributed by atoms with van der Waals surface area (Å²) >= 11 is 0. The number of amides is 1. The highest BCUT2D eigenvalue weighted by Gasteiger charge is 2.62. The molecule has 1 saturated heterocycles. The maximum Gasteiger partial charge on any atom is 0.243 e. The Kier molecular flexibility index (Phi) is 4.50. The van der Waals surface area contributed by atoms with Crippen LogP contribution in [0.15, 0.2) is 47.4 Å². The Hall–Kier alpha value is -2.32. The van der Waals surface area contributed by atoms with Crippen LogP contribution < -0.4 is 5.32 Å². The molecule has 5 nitrogen and oxygen atoms in total. The number of carbonyl (C=O) groups is 1. The number of anilines is 1. The first-order valence-corrected chi connectivity index (χ1v) is 10.5. The van der Waals surface area contributed by atoms with E-state index in [-0.39, 0.29) is 23.3 Å². The highest BCUT2D eigenvalue weighted by Crippen LogP contribution is 2.59. The highest BCUT2D eigenvalue weighted by molar-refractivity contribution is 7.89. The summed E-state index contributed by atoms with van der Waals surface area (Å²) in [4.78, 5) is 12.4. The number of hydrogen-bond donors (Lipinski definition) is 1. The number of benzene rings is 2. The zero-order valence-electron chi connectivity index (χ0n) is 15.3. The molecule has 2 atom stereocenters. The fourth-order valence-electron chi connectivity index (χ4n) is 3.91. The van der Waals surface area contributed by atoms with E-state index in [0.29, 0.717) is 30.6 Å². The van der Waals surface area contributed by atoms with Crippen molar-refractivity contribution < 1.29 is 22.0 Å². The maximum atomic E-state index is 13.8. The molecule has 1 spiro atoms. The molecule has 2 unspecified atom stereocenters. The number of aryl methyl sites for hydroxylation is 1. The second-order valence-corrected chi connectivity index (χ2v) is 9.56. The molecule has 1 amide bonds. The lowest BCUT2D eigenvalue weighted by Gasteiger charge is -2.17. The summed E-state index contributed by atoms with van der Waals surface area (Å²) < 4.78 is 54.1. The molecule has 1 saturated carbocycles. The molecule has 28 heavy (non-hydrogen) atoms. The lowest BCUT2D eigenvalue weighted by Crippen LogP contribution is -2.30. The molecule has 0 radical (unpaired) electrons. The van der Waals surface area contributed by atoms with E-state index in [4.69, 9.17) is 0 Å². The molecule has 1 N–H and O–H groups in total. The molecule has 148 valence electrons. The number of nitrogens with zero attached hydrogens (tertiary/aromatic N) is 1. The van der Waals surface area contributed by atoms with E-state index in [1.165, 1.54) is 34.6 Å². The number of sulfonamides is 1. The number of rotatable bonds is 4. The molecule has 1 aliphatic heterocycles. The van der Waals surface area contributed by atoms with Crippen molar-refractivity contribution in [3.05, 3.63) is 59.7 Å². The third kappa shape index (κ3) is 3.31. The van der Waals surface area contributed by atoms with Gasteiger partial charge in [0.15, 0.2) is 0 Å². The normalized spacial score (nSPS) is 24.5. The molecule has 2 aliphatic rings. The van der Waals surface area contributed by atoms with Gasteiger partial charge in [0.2, 0.25) is 15.9 Å². The Bertz CT molecular complexity index is 1060. The fourth-order valence-corrected chi connectivity index (χ4v) is 5.46. The van der Waals surface area contributed by atoms with Gasteiger partial charge in [-0.25, -0.2) is 17.2 Å². The first-order chi connectivity index (χ1) is 13.2. The monoisotopic (exact) mass is 406 g/mol. The smallest absolute Gasteiger partial charge is 0.243 e. The average molecular weight is 406 g/mol. The Morgan fingerprint density at radius 2 is 2.00 bits per heavy atom. The first-order valence-electron chi connectivity index (χ1n) is 9.04. The second kappa shape index (κ2) is 6.63. The third-order valence-electron chi connectivity index (χ3n) is 5.73. The Labute approximate surface area is 162 Å². The lowest BCUT2D eigenvalue weighted by molar-refractivity contribution is -0.118. The van der Waals surface area contributed by atoms with E-state index in [1.807, 2.05) is 0 Å². The minimum atomic E-state index is -3.81. The van der Waals surface area contributed by atoms with E-state index in [0.717, 1.165) is 6.07 Å². The highest BCUT2D eigenvalue weighted by atomic mass is 32.2. The summed E-state index contributed by atoms with van der Waals surface area (Å²) in [5.74, 6) is -1.54. The Balaban J connectivity index is 1.45. The zero-order chi connectivity index (χ0) is 20.1. The van der Waals surface area contributed by atoms with Crippen LogP contribution in [0.4, 0.5) is 14.5 Å². The van der Waals surface area contributed by atoms with Gasteiger partial charge >= 0.3 is 0 Å². The van der Waals surface area contributed by atoms with Crippen LogP contribution in [0.3, 0.4) is 0 Å². The second-order valence-electron chi connectivity index (χ2n) is 7.62. The van der Waals surface area contributed by atoms with Crippen molar-refractivity contribution in [3.63, 3.8) is 0 Å². The lowest BCUT2D eigenvalue weighted by atomic mass is 10.0. The van der Waals surface area contributed by atoms with Gasteiger partial charge < -0.3 is 5.32 Å². The summed E-state index contributed by atoms with van der Waals surface area (Å²) in [6, 6.07) is 9.54. The predicted octanol–water partition coefficient (Wildman–Crippen LogP) is 3.31. The van der Waals surface area contributed by atoms with E-state index in [9.17, 15) is 22.0 Å². The molecule has 2 aromatic carbocycles. The molecule has 4 rings (SSSR count). The summed E-state index contributed by atoms with van der Waals surface area (Å²) in [5, 5.41) is 2.70. The van der Waals surface area contributed by atoms with Gasteiger partial charge in [0.25, 0.3) is 0 Å². The largest absolute Gasteiger partial charge is 0.326 e. The van der Waals surface area contributed by atoms with E-state index in [2.05, 4.69) is 5.32 Å². The molecule has 2 aromatic rings. The van der Waals surface area contributed by atoms with Gasteiger partial charge in [-0.2, -0.15) is 4.31 Å². The van der Waals surface area contributed by atoms with Gasteiger partial charge in [0, 0.05) is 24.7 Å². The average Bonchev–Trinajstić information content (AvgIpc) is 3.16. The molecule has 1 aliphatic carbocycles. The molecule has 1 heterocycles. The van der Waals surface area contributed by atoms with Crippen LogP contribution in [0, 0.1) is 29.9 Å². The molecule has 0 bridgehead atoms. The van der Waals surface area contributed by atoms with E-state index in [1.54, 1.807) is 13.0 Å². The summed E-state index contributed by atoms with van der Waals surface area (Å²) in [6.07, 6.45) is 1.16. The number of carbonyl (C=O) groups excluding carboxylic acids is 1. The SMILES string of the molecule is Cc1ccc(S(=O)(=O)N2CCC3(CC3C(=O)Nc3cccc(F)c3)C2)cc1F. The van der Waals surface area contributed by atoms with Crippen LogP contribution >= 0.6 is 0 Å². The van der Waals surface area contributed by atoms with Crippen LogP contribution in [0.1, 0.15) is 18.4 Å². The summed E-state index contributed by atoms with van der Waals surface area (Å²) in [5.41, 5.74) is 0.367. The van der Waals surface area contributed by atoms with Gasteiger partial charge in [0.1, 0.15) is 11.6 Å². The topological polar surface area (TPSA) is 66.5 Å². The number of hydrogen-bond acceptors (Lipinski definition) is 3. The van der Waals surface area contributed by atoms with Crippen molar-refractivity contribution in [2.75, 3.05) is 18.4 Å². The minimum Gasteiger partial charge on any atom is -0.326 e. The van der Waals surface area contributed by atoms with Crippen LogP contribution in [-0.2, 0) is 14.8 Å². The number of nitrogens with one attached hydrogen (secondary N) is 1. The number of halogens is 2. The third-order valence-corrected chi connectivity index (χ3v) is 7.57. The molecule has 2 fully saturated rings. The molecule has 8 heteroatoms. The van der Waals surface area contributed by atoms with Gasteiger partial charge in [-0.05, 0) is 61.1 Å². The van der Waals surface area contributed by atoms with Crippen molar-refractivity contribution in [1.29, 1.82) is 0 Å². The summed E-state index contributed by atoms with van der Waals surface area (Å²) in [7, 11) is -3.81. The van der Waals surface area contributed by atoms with E-state index >= 15 is 0 Å². The van der Waals surface area contributed by atoms with Crippen molar-refractivity contribution >= 4 is 21.6 Å². The molecule has 0 aromatic heterocycles. The Morgan fingerprint density at radius 1 is 1.21 bits per heavy atom. The van der Waals surface area contributed by atoms with Crippen molar-refractivity contribution in [2.24, 2.45) is 11.3 Å². The molecular formula is C20H20F2N2O3S. The quantitative estimate of drug-likeness (QED) is 0.847. The van der Waals surface area contributed by atoms with Gasteiger partial charge in [-0.3, -0.25) is 4.79 Å². The van der Waals surface area contributed by atoms with Crippen LogP contribution in [-0.4, -0.2) is 31.7 Å². The van der Waals surface area contributed by atoms with Crippen molar-refractivity contribution in [3.8, 4) is 0 Å². The standard InChI is InChI=1S/C20H20F2N2O3S/c1-13-5-6-16(10-18(13)22)28(26,27)24-8-7-20(12-24)11-17(20)19(25)23-15-4-2-3-14(21)9-15/h2-6,9-10,17H,7-8,11-12H2,1H3,(H,23,25). The molecular weight excluding hydrogens is 386 g/mol. The van der Waals surface area contributed by atoms with Crippen LogP contribution in [0.2, 0.25) is 0 Å². The summed E-state index contributed by atoms with van der Waals surface area (Å²) in [6.45, 7) is 2.09. The maximum absolute atomic E-state index is 13.8. The van der Waals surface area contributed by atoms with E-state index < -0.39 is 27.1 Å². The first kappa shape index (κ1) is 19.0. The Morgan fingerprint density at radius 3 is 2.71 bits per heavy atom. The van der Waals surface area contributed by atoms with Gasteiger partial charge in [0.05, 0.1) is 4.90 Å². The van der Waals surface area contributed by atoms with Gasteiger partial charge in [-0.1, -0.05) is 12.1 Å². The minimum absolute atomic E-state index is 0.0749. The van der Waals surface area contributed by atoms with Crippen molar-refractivity contribution in [2.45, 2.75) is 24.7 Å². The van der Waals surface area contributed by atoms with Crippen molar-refractivity contribution in [1.82, 2.24) is 4.31 Å². The van der Waals surface area contributed by atoms with Gasteiger partial charge in [-0.15, -0.1) is 0 Å².